The van der Waals surface area contributed by atoms with E-state index in [1.807, 2.05) is 13.0 Å². The Hall–Kier alpha value is -2.64. The number of amides is 1. The van der Waals surface area contributed by atoms with Crippen LogP contribution in [-0.4, -0.2) is 39.9 Å². The molecule has 0 spiro atoms. The van der Waals surface area contributed by atoms with E-state index >= 15 is 0 Å². The van der Waals surface area contributed by atoms with E-state index in [0.29, 0.717) is 31.7 Å². The van der Waals surface area contributed by atoms with Gasteiger partial charge in [0, 0.05) is 30.9 Å². The van der Waals surface area contributed by atoms with Crippen LogP contribution in [0.1, 0.15) is 34.5 Å². The molecule has 138 valence electrons. The number of alkyl halides is 3. The molecule has 0 bridgehead atoms. The Morgan fingerprint density at radius 3 is 2.54 bits per heavy atom. The number of halogens is 3. The topological polar surface area (TPSA) is 58.1 Å². The first-order valence-corrected chi connectivity index (χ1v) is 8.35. The van der Waals surface area contributed by atoms with Crippen LogP contribution >= 0.6 is 0 Å². The Labute approximate surface area is 149 Å². The highest BCUT2D eigenvalue weighted by Crippen LogP contribution is 2.32. The van der Waals surface area contributed by atoms with Crippen LogP contribution in [0.25, 0.3) is 0 Å². The standard InChI is InChI=1S/C18H19F3N4O/c1-12-10-16(23-11-22-12)24-13-6-8-25(9-7-13)17(26)14-4-2-3-5-15(14)18(19,20)21/h2-5,10-11,13H,6-9H2,1H3,(H,22,23,24). The molecule has 2 aromatic rings. The second-order valence-electron chi connectivity index (χ2n) is 6.30. The van der Waals surface area contributed by atoms with E-state index in [4.69, 9.17) is 0 Å². The summed E-state index contributed by atoms with van der Waals surface area (Å²) in [6.45, 7) is 2.66. The highest BCUT2D eigenvalue weighted by molar-refractivity contribution is 5.96. The lowest BCUT2D eigenvalue weighted by molar-refractivity contribution is -0.138. The summed E-state index contributed by atoms with van der Waals surface area (Å²) in [5.74, 6) is 0.138. The maximum Gasteiger partial charge on any atom is 0.417 e. The fourth-order valence-electron chi connectivity index (χ4n) is 3.06. The third-order valence-corrected chi connectivity index (χ3v) is 4.40. The molecular formula is C18H19F3N4O. The van der Waals surface area contributed by atoms with Crippen LogP contribution < -0.4 is 5.32 Å². The number of carbonyl (C=O) groups is 1. The third-order valence-electron chi connectivity index (χ3n) is 4.40. The first-order chi connectivity index (χ1) is 12.3. The van der Waals surface area contributed by atoms with Crippen LogP contribution in [0.3, 0.4) is 0 Å². The largest absolute Gasteiger partial charge is 0.417 e. The van der Waals surface area contributed by atoms with Crippen molar-refractivity contribution >= 4 is 11.7 Å². The molecule has 8 heteroatoms. The van der Waals surface area contributed by atoms with Gasteiger partial charge in [-0.25, -0.2) is 9.97 Å². The fourth-order valence-corrected chi connectivity index (χ4v) is 3.06. The lowest BCUT2D eigenvalue weighted by Gasteiger charge is -2.33. The molecule has 0 aliphatic carbocycles. The predicted molar refractivity (Wildman–Crippen MR) is 90.8 cm³/mol. The van der Waals surface area contributed by atoms with Gasteiger partial charge in [-0.05, 0) is 31.9 Å². The molecule has 1 aromatic heterocycles. The lowest BCUT2D eigenvalue weighted by atomic mass is 10.0. The number of carbonyl (C=O) groups excluding carboxylic acids is 1. The predicted octanol–water partition coefficient (Wildman–Crippen LogP) is 3.52. The Bertz CT molecular complexity index is 786. The Balaban J connectivity index is 1.64. The molecule has 1 aromatic carbocycles. The van der Waals surface area contributed by atoms with Gasteiger partial charge >= 0.3 is 6.18 Å². The number of hydrogen-bond acceptors (Lipinski definition) is 4. The van der Waals surface area contributed by atoms with Gasteiger partial charge in [0.15, 0.2) is 0 Å². The normalized spacial score (nSPS) is 15.8. The number of aromatic nitrogens is 2. The van der Waals surface area contributed by atoms with Crippen LogP contribution in [0.5, 0.6) is 0 Å². The van der Waals surface area contributed by atoms with Crippen LogP contribution in [-0.2, 0) is 6.18 Å². The minimum Gasteiger partial charge on any atom is -0.367 e. The molecule has 3 rings (SSSR count). The fraction of sp³-hybridized carbons (Fsp3) is 0.389. The van der Waals surface area contributed by atoms with E-state index in [1.165, 1.54) is 29.4 Å². The highest BCUT2D eigenvalue weighted by Gasteiger charge is 2.36. The second kappa shape index (κ2) is 7.31. The van der Waals surface area contributed by atoms with Gasteiger partial charge in [-0.2, -0.15) is 13.2 Å². The minimum absolute atomic E-state index is 0.117. The molecule has 1 N–H and O–H groups in total. The van der Waals surface area contributed by atoms with E-state index in [0.717, 1.165) is 11.8 Å². The number of anilines is 1. The van der Waals surface area contributed by atoms with E-state index < -0.39 is 17.6 Å². The zero-order valence-corrected chi connectivity index (χ0v) is 14.3. The summed E-state index contributed by atoms with van der Waals surface area (Å²) < 4.78 is 39.4. The average Bonchev–Trinajstić information content (AvgIpc) is 2.61. The smallest absolute Gasteiger partial charge is 0.367 e. The van der Waals surface area contributed by atoms with Crippen LogP contribution in [0.4, 0.5) is 19.0 Å². The molecule has 0 radical (unpaired) electrons. The molecule has 5 nitrogen and oxygen atoms in total. The van der Waals surface area contributed by atoms with Crippen molar-refractivity contribution in [1.29, 1.82) is 0 Å². The van der Waals surface area contributed by atoms with E-state index in [-0.39, 0.29) is 11.6 Å². The molecule has 0 unspecified atom stereocenters. The summed E-state index contributed by atoms with van der Waals surface area (Å²) in [6.07, 6.45) is -1.78. The van der Waals surface area contributed by atoms with Crippen molar-refractivity contribution in [2.24, 2.45) is 0 Å². The maximum atomic E-state index is 13.1. The number of nitrogens with zero attached hydrogens (tertiary/aromatic N) is 3. The molecule has 1 aliphatic heterocycles. The Morgan fingerprint density at radius 2 is 1.88 bits per heavy atom. The SMILES string of the molecule is Cc1cc(NC2CCN(C(=O)c3ccccc3C(F)(F)F)CC2)ncn1. The van der Waals surface area contributed by atoms with Crippen LogP contribution in [0, 0.1) is 6.92 Å². The summed E-state index contributed by atoms with van der Waals surface area (Å²) in [4.78, 5) is 22.2. The van der Waals surface area contributed by atoms with Gasteiger partial charge in [-0.15, -0.1) is 0 Å². The number of likely N-dealkylation sites (tertiary alicyclic amines) is 1. The quantitative estimate of drug-likeness (QED) is 0.905. The summed E-state index contributed by atoms with van der Waals surface area (Å²) >= 11 is 0. The summed E-state index contributed by atoms with van der Waals surface area (Å²) in [5, 5.41) is 3.29. The average molecular weight is 364 g/mol. The maximum absolute atomic E-state index is 13.1. The highest BCUT2D eigenvalue weighted by atomic mass is 19.4. The van der Waals surface area contributed by atoms with Crippen molar-refractivity contribution in [3.63, 3.8) is 0 Å². The minimum atomic E-state index is -4.54. The van der Waals surface area contributed by atoms with Gasteiger partial charge in [-0.3, -0.25) is 4.79 Å². The van der Waals surface area contributed by atoms with Crippen molar-refractivity contribution in [2.75, 3.05) is 18.4 Å². The van der Waals surface area contributed by atoms with Gasteiger partial charge in [0.05, 0.1) is 11.1 Å². The van der Waals surface area contributed by atoms with Gasteiger partial charge in [-0.1, -0.05) is 12.1 Å². The summed E-state index contributed by atoms with van der Waals surface area (Å²) in [5.41, 5.74) is -0.335. The Morgan fingerprint density at radius 1 is 1.19 bits per heavy atom. The van der Waals surface area contributed by atoms with Crippen molar-refractivity contribution in [3.05, 3.63) is 53.5 Å². The molecule has 26 heavy (non-hydrogen) atoms. The number of aryl methyl sites for hydroxylation is 1. The number of rotatable bonds is 3. The first-order valence-electron chi connectivity index (χ1n) is 8.35. The number of nitrogens with one attached hydrogen (secondary N) is 1. The zero-order chi connectivity index (χ0) is 18.7. The van der Waals surface area contributed by atoms with Crippen LogP contribution in [0.15, 0.2) is 36.7 Å². The van der Waals surface area contributed by atoms with Gasteiger partial charge in [0.1, 0.15) is 12.1 Å². The van der Waals surface area contributed by atoms with Crippen molar-refractivity contribution in [1.82, 2.24) is 14.9 Å². The molecule has 0 saturated carbocycles. The van der Waals surface area contributed by atoms with Gasteiger partial charge < -0.3 is 10.2 Å². The lowest BCUT2D eigenvalue weighted by Crippen LogP contribution is -2.43. The van der Waals surface area contributed by atoms with Crippen molar-refractivity contribution in [3.8, 4) is 0 Å². The molecular weight excluding hydrogens is 345 g/mol. The van der Waals surface area contributed by atoms with Crippen LogP contribution in [0.2, 0.25) is 0 Å². The molecule has 1 fully saturated rings. The number of hydrogen-bond donors (Lipinski definition) is 1. The van der Waals surface area contributed by atoms with E-state index in [9.17, 15) is 18.0 Å². The third kappa shape index (κ3) is 4.12. The van der Waals surface area contributed by atoms with E-state index in [1.54, 1.807) is 0 Å². The monoisotopic (exact) mass is 364 g/mol. The molecule has 1 saturated heterocycles. The molecule has 0 atom stereocenters. The first kappa shape index (κ1) is 18.2. The van der Waals surface area contributed by atoms with Gasteiger partial charge in [0.25, 0.3) is 5.91 Å². The van der Waals surface area contributed by atoms with Gasteiger partial charge in [0.2, 0.25) is 0 Å². The molecule has 1 aliphatic rings. The van der Waals surface area contributed by atoms with Crippen molar-refractivity contribution in [2.45, 2.75) is 32.0 Å². The second-order valence-corrected chi connectivity index (χ2v) is 6.30. The summed E-state index contributed by atoms with van der Waals surface area (Å²) in [6, 6.07) is 6.87. The van der Waals surface area contributed by atoms with Crippen molar-refractivity contribution < 1.29 is 18.0 Å². The molecule has 2 heterocycles. The number of benzene rings is 1. The zero-order valence-electron chi connectivity index (χ0n) is 14.3. The van der Waals surface area contributed by atoms with E-state index in [2.05, 4.69) is 15.3 Å². The molecule has 1 amide bonds. The Kier molecular flexibility index (Phi) is 5.11. The summed E-state index contributed by atoms with van der Waals surface area (Å²) in [7, 11) is 0. The number of piperidine rings is 1.